The number of para-hydroxylation sites is 1. The predicted octanol–water partition coefficient (Wildman–Crippen LogP) is 4.02. The summed E-state index contributed by atoms with van der Waals surface area (Å²) in [5.41, 5.74) is 2.31. The summed E-state index contributed by atoms with van der Waals surface area (Å²) < 4.78 is 6.07. The fraction of sp³-hybridized carbons (Fsp3) is 0.440. The minimum Gasteiger partial charge on any atom is -0.493 e. The Bertz CT molecular complexity index is 725. The summed E-state index contributed by atoms with van der Waals surface area (Å²) in [4.78, 5) is 5.00. The van der Waals surface area contributed by atoms with Gasteiger partial charge in [0.25, 0.3) is 0 Å². The molecule has 1 heterocycles. The van der Waals surface area contributed by atoms with Crippen molar-refractivity contribution < 1.29 is 9.84 Å². The van der Waals surface area contributed by atoms with Gasteiger partial charge in [0.1, 0.15) is 5.75 Å². The molecule has 1 saturated heterocycles. The van der Waals surface area contributed by atoms with Crippen molar-refractivity contribution in [3.05, 3.63) is 65.7 Å². The number of hydrogen-bond acceptors (Lipinski definition) is 4. The normalized spacial score (nSPS) is 15.8. The van der Waals surface area contributed by atoms with E-state index in [2.05, 4.69) is 64.4 Å². The molecule has 2 aromatic rings. The Morgan fingerprint density at radius 1 is 0.759 bits per heavy atom. The van der Waals surface area contributed by atoms with Gasteiger partial charge >= 0.3 is 0 Å². The Labute approximate surface area is 175 Å². The van der Waals surface area contributed by atoms with E-state index < -0.39 is 0 Å². The summed E-state index contributed by atoms with van der Waals surface area (Å²) in [6, 6.07) is 18.6. The van der Waals surface area contributed by atoms with Crippen molar-refractivity contribution in [2.75, 3.05) is 52.5 Å². The fourth-order valence-corrected chi connectivity index (χ4v) is 3.65. The second kappa shape index (κ2) is 12.4. The first-order valence-electron chi connectivity index (χ1n) is 10.9. The van der Waals surface area contributed by atoms with E-state index >= 15 is 0 Å². The SMILES string of the molecule is OCCCN1CCN(CCCCOc2ccccc2/C=C/c2ccccc2)CC1. The van der Waals surface area contributed by atoms with Gasteiger partial charge in [-0.25, -0.2) is 0 Å². The second-order valence-corrected chi connectivity index (χ2v) is 7.60. The smallest absolute Gasteiger partial charge is 0.126 e. The van der Waals surface area contributed by atoms with Gasteiger partial charge < -0.3 is 19.6 Å². The van der Waals surface area contributed by atoms with Gasteiger partial charge in [0.05, 0.1) is 6.61 Å². The largest absolute Gasteiger partial charge is 0.493 e. The molecular formula is C25H34N2O2. The third-order valence-electron chi connectivity index (χ3n) is 5.40. The first kappa shape index (κ1) is 21.6. The van der Waals surface area contributed by atoms with E-state index in [1.807, 2.05) is 12.1 Å². The van der Waals surface area contributed by atoms with E-state index in [0.29, 0.717) is 6.61 Å². The highest BCUT2D eigenvalue weighted by atomic mass is 16.5. The number of hydrogen-bond donors (Lipinski definition) is 1. The van der Waals surface area contributed by atoms with Crippen LogP contribution in [0.2, 0.25) is 0 Å². The summed E-state index contributed by atoms with van der Waals surface area (Å²) in [5.74, 6) is 0.956. The highest BCUT2D eigenvalue weighted by Crippen LogP contribution is 2.21. The standard InChI is InChI=1S/C25H34N2O2/c28-21-8-16-27-19-17-26(18-20-27)15-6-7-22-29-25-12-5-4-11-24(25)14-13-23-9-2-1-3-10-23/h1-5,9-14,28H,6-8,15-22H2/b14-13+. The minimum absolute atomic E-state index is 0.297. The Morgan fingerprint density at radius 3 is 2.14 bits per heavy atom. The number of unbranched alkanes of at least 4 members (excludes halogenated alkanes) is 1. The molecule has 4 heteroatoms. The molecule has 0 radical (unpaired) electrons. The first-order chi connectivity index (χ1) is 14.3. The highest BCUT2D eigenvalue weighted by Gasteiger charge is 2.15. The summed E-state index contributed by atoms with van der Waals surface area (Å²) in [6.07, 6.45) is 7.38. The molecule has 0 bridgehead atoms. The van der Waals surface area contributed by atoms with Crippen LogP contribution in [0.1, 0.15) is 30.4 Å². The molecule has 1 N–H and O–H groups in total. The monoisotopic (exact) mass is 394 g/mol. The molecular weight excluding hydrogens is 360 g/mol. The molecule has 0 aliphatic carbocycles. The van der Waals surface area contributed by atoms with E-state index in [0.717, 1.165) is 70.0 Å². The molecule has 156 valence electrons. The van der Waals surface area contributed by atoms with Crippen molar-refractivity contribution in [2.24, 2.45) is 0 Å². The van der Waals surface area contributed by atoms with Gasteiger partial charge in [0, 0.05) is 44.9 Å². The maximum atomic E-state index is 8.94. The molecule has 1 aliphatic heterocycles. The van der Waals surface area contributed by atoms with Crippen molar-refractivity contribution >= 4 is 12.2 Å². The van der Waals surface area contributed by atoms with Gasteiger partial charge in [0.15, 0.2) is 0 Å². The quantitative estimate of drug-likeness (QED) is 0.461. The lowest BCUT2D eigenvalue weighted by Crippen LogP contribution is -2.46. The van der Waals surface area contributed by atoms with Gasteiger partial charge in [-0.1, -0.05) is 60.7 Å². The maximum absolute atomic E-state index is 8.94. The second-order valence-electron chi connectivity index (χ2n) is 7.60. The van der Waals surface area contributed by atoms with E-state index in [4.69, 9.17) is 9.84 Å². The van der Waals surface area contributed by atoms with E-state index in [-0.39, 0.29) is 0 Å². The number of rotatable bonds is 11. The van der Waals surface area contributed by atoms with E-state index in [1.54, 1.807) is 0 Å². The van der Waals surface area contributed by atoms with Crippen molar-refractivity contribution in [1.82, 2.24) is 9.80 Å². The van der Waals surface area contributed by atoms with Gasteiger partial charge in [0.2, 0.25) is 0 Å². The van der Waals surface area contributed by atoms with Crippen LogP contribution >= 0.6 is 0 Å². The summed E-state index contributed by atoms with van der Waals surface area (Å²) in [5, 5.41) is 8.94. The average Bonchev–Trinajstić information content (AvgIpc) is 2.78. The zero-order valence-electron chi connectivity index (χ0n) is 17.4. The average molecular weight is 395 g/mol. The van der Waals surface area contributed by atoms with Crippen LogP contribution in [0.5, 0.6) is 5.75 Å². The third kappa shape index (κ3) is 7.65. The van der Waals surface area contributed by atoms with Crippen LogP contribution in [-0.2, 0) is 0 Å². The van der Waals surface area contributed by atoms with Gasteiger partial charge in [-0.3, -0.25) is 0 Å². The van der Waals surface area contributed by atoms with Crippen LogP contribution in [0.15, 0.2) is 54.6 Å². The number of aliphatic hydroxyl groups excluding tert-OH is 1. The molecule has 0 atom stereocenters. The predicted molar refractivity (Wildman–Crippen MR) is 121 cm³/mol. The summed E-state index contributed by atoms with van der Waals surface area (Å²) in [7, 11) is 0. The maximum Gasteiger partial charge on any atom is 0.126 e. The zero-order chi connectivity index (χ0) is 20.2. The fourth-order valence-electron chi connectivity index (χ4n) is 3.65. The van der Waals surface area contributed by atoms with E-state index in [9.17, 15) is 0 Å². The van der Waals surface area contributed by atoms with Crippen LogP contribution in [-0.4, -0.2) is 67.4 Å². The molecule has 0 spiro atoms. The molecule has 0 aromatic heterocycles. The molecule has 0 unspecified atom stereocenters. The molecule has 29 heavy (non-hydrogen) atoms. The number of ether oxygens (including phenoxy) is 1. The van der Waals surface area contributed by atoms with Crippen LogP contribution in [0, 0.1) is 0 Å². The Morgan fingerprint density at radius 2 is 1.41 bits per heavy atom. The molecule has 1 aliphatic rings. The summed E-state index contributed by atoms with van der Waals surface area (Å²) >= 11 is 0. The molecule has 0 amide bonds. The lowest BCUT2D eigenvalue weighted by molar-refractivity contribution is 0.122. The molecule has 1 fully saturated rings. The first-order valence-corrected chi connectivity index (χ1v) is 10.9. The lowest BCUT2D eigenvalue weighted by atomic mass is 10.1. The summed E-state index contributed by atoms with van der Waals surface area (Å²) in [6.45, 7) is 7.75. The van der Waals surface area contributed by atoms with Gasteiger partial charge in [-0.15, -0.1) is 0 Å². The Kier molecular flexibility index (Phi) is 9.24. The Balaban J connectivity index is 1.35. The van der Waals surface area contributed by atoms with E-state index in [1.165, 1.54) is 12.0 Å². The topological polar surface area (TPSA) is 35.9 Å². The zero-order valence-corrected chi connectivity index (χ0v) is 17.4. The number of aliphatic hydroxyl groups is 1. The third-order valence-corrected chi connectivity index (χ3v) is 5.40. The van der Waals surface area contributed by atoms with Crippen molar-refractivity contribution in [3.8, 4) is 5.75 Å². The molecule has 0 saturated carbocycles. The van der Waals surface area contributed by atoms with Crippen molar-refractivity contribution in [3.63, 3.8) is 0 Å². The molecule has 3 rings (SSSR count). The van der Waals surface area contributed by atoms with Crippen molar-refractivity contribution in [1.29, 1.82) is 0 Å². The lowest BCUT2D eigenvalue weighted by Gasteiger charge is -2.34. The Hall–Kier alpha value is -2.14. The number of nitrogens with zero attached hydrogens (tertiary/aromatic N) is 2. The van der Waals surface area contributed by atoms with Gasteiger partial charge in [-0.05, 0) is 37.4 Å². The van der Waals surface area contributed by atoms with Crippen LogP contribution < -0.4 is 4.74 Å². The van der Waals surface area contributed by atoms with Crippen LogP contribution in [0.4, 0.5) is 0 Å². The highest BCUT2D eigenvalue weighted by molar-refractivity contribution is 5.72. The minimum atomic E-state index is 0.297. The van der Waals surface area contributed by atoms with Crippen LogP contribution in [0.25, 0.3) is 12.2 Å². The number of piperazine rings is 1. The van der Waals surface area contributed by atoms with Crippen molar-refractivity contribution in [2.45, 2.75) is 19.3 Å². The number of benzene rings is 2. The molecule has 4 nitrogen and oxygen atoms in total. The molecule has 2 aromatic carbocycles. The van der Waals surface area contributed by atoms with Gasteiger partial charge in [-0.2, -0.15) is 0 Å². The van der Waals surface area contributed by atoms with Crippen LogP contribution in [0.3, 0.4) is 0 Å².